The molecule has 0 bridgehead atoms. The first-order valence-electron chi connectivity index (χ1n) is 4.54. The van der Waals surface area contributed by atoms with E-state index in [1.54, 1.807) is 0 Å². The van der Waals surface area contributed by atoms with Crippen molar-refractivity contribution in [3.8, 4) is 0 Å². The summed E-state index contributed by atoms with van der Waals surface area (Å²) in [5.74, 6) is 0. The van der Waals surface area contributed by atoms with Gasteiger partial charge in [-0.15, -0.1) is 0 Å². The molecule has 0 unspecified atom stereocenters. The van der Waals surface area contributed by atoms with E-state index in [0.717, 1.165) is 12.1 Å². The number of rotatable bonds is 4. The van der Waals surface area contributed by atoms with E-state index in [-0.39, 0.29) is 0 Å². The number of benzene rings is 1. The molecule has 0 aliphatic rings. The molecule has 1 N–H and O–H groups in total. The maximum atomic E-state index is 5.74. The Balaban J connectivity index is 2.52. The Morgan fingerprint density at radius 2 is 2.00 bits per heavy atom. The number of nitrogens with one attached hydrogen (secondary N) is 1. The third-order valence-corrected chi connectivity index (χ3v) is 2.56. The summed E-state index contributed by atoms with van der Waals surface area (Å²) < 4.78 is 0. The van der Waals surface area contributed by atoms with E-state index < -0.39 is 0 Å². The Bertz CT molecular complexity index is 304. The van der Waals surface area contributed by atoms with Gasteiger partial charge in [-0.2, -0.15) is 0 Å². The number of hydrogen-bond donors (Lipinski definition) is 1. The van der Waals surface area contributed by atoms with Crippen molar-refractivity contribution in [1.82, 2.24) is 0 Å². The second-order valence-electron chi connectivity index (χ2n) is 2.96. The molecular formula is C11H13Cl2N. The first-order chi connectivity index (χ1) is 6.76. The third-order valence-electron chi connectivity index (χ3n) is 1.94. The fourth-order valence-electron chi connectivity index (χ4n) is 1.08. The van der Waals surface area contributed by atoms with Crippen LogP contribution in [0.25, 0.3) is 0 Å². The summed E-state index contributed by atoms with van der Waals surface area (Å²) >= 11 is 11.2. The first-order valence-corrected chi connectivity index (χ1v) is 5.35. The molecule has 76 valence electrons. The van der Waals surface area contributed by atoms with Gasteiger partial charge in [-0.05, 0) is 24.1 Å². The second kappa shape index (κ2) is 5.94. The van der Waals surface area contributed by atoms with Gasteiger partial charge in [-0.1, -0.05) is 42.3 Å². The van der Waals surface area contributed by atoms with Crippen molar-refractivity contribution in [3.63, 3.8) is 0 Å². The molecule has 0 saturated carbocycles. The van der Waals surface area contributed by atoms with Crippen LogP contribution < -0.4 is 5.32 Å². The zero-order valence-corrected chi connectivity index (χ0v) is 9.57. The van der Waals surface area contributed by atoms with Gasteiger partial charge in [0.05, 0.1) is 6.54 Å². The van der Waals surface area contributed by atoms with Crippen LogP contribution in [0.2, 0.25) is 0 Å². The van der Waals surface area contributed by atoms with Crippen molar-refractivity contribution in [1.29, 1.82) is 0 Å². The zero-order chi connectivity index (χ0) is 10.4. The van der Waals surface area contributed by atoms with Crippen LogP contribution in [-0.2, 0) is 6.42 Å². The van der Waals surface area contributed by atoms with Crippen LogP contribution in [0.4, 0.5) is 5.69 Å². The van der Waals surface area contributed by atoms with Crippen LogP contribution in [0.1, 0.15) is 12.5 Å². The predicted octanol–water partition coefficient (Wildman–Crippen LogP) is 3.98. The Labute approximate surface area is 94.7 Å². The Hall–Kier alpha value is -0.660. The highest BCUT2D eigenvalue weighted by molar-refractivity contribution is 6.36. The van der Waals surface area contributed by atoms with Gasteiger partial charge in [0.2, 0.25) is 0 Å². The fourth-order valence-corrected chi connectivity index (χ4v) is 1.23. The van der Waals surface area contributed by atoms with Crippen molar-refractivity contribution in [2.24, 2.45) is 0 Å². The molecule has 1 nitrogen and oxygen atoms in total. The van der Waals surface area contributed by atoms with Gasteiger partial charge in [-0.3, -0.25) is 0 Å². The van der Waals surface area contributed by atoms with E-state index in [1.807, 2.05) is 12.1 Å². The lowest BCUT2D eigenvalue weighted by molar-refractivity contribution is 1.14. The molecule has 0 aliphatic carbocycles. The van der Waals surface area contributed by atoms with Gasteiger partial charge in [-0.25, -0.2) is 0 Å². The van der Waals surface area contributed by atoms with Crippen molar-refractivity contribution in [3.05, 3.63) is 40.4 Å². The first kappa shape index (κ1) is 11.4. The third kappa shape index (κ3) is 3.60. The largest absolute Gasteiger partial charge is 0.380 e. The average Bonchev–Trinajstić information content (AvgIpc) is 2.26. The Kier molecular flexibility index (Phi) is 4.85. The molecule has 0 amide bonds. The maximum absolute atomic E-state index is 5.74. The minimum absolute atomic E-state index is 0.566. The predicted molar refractivity (Wildman–Crippen MR) is 64.1 cm³/mol. The minimum Gasteiger partial charge on any atom is -0.380 e. The Morgan fingerprint density at radius 3 is 2.50 bits per heavy atom. The van der Waals surface area contributed by atoms with Gasteiger partial charge in [0.25, 0.3) is 0 Å². The molecule has 0 atom stereocenters. The fraction of sp³-hybridized carbons (Fsp3) is 0.273. The van der Waals surface area contributed by atoms with Gasteiger partial charge in [0.1, 0.15) is 0 Å². The molecule has 1 aromatic carbocycles. The molecule has 1 aromatic rings. The molecule has 0 saturated heterocycles. The van der Waals surface area contributed by atoms with E-state index in [9.17, 15) is 0 Å². The molecular weight excluding hydrogens is 217 g/mol. The molecule has 0 heterocycles. The lowest BCUT2D eigenvalue weighted by atomic mass is 10.1. The quantitative estimate of drug-likeness (QED) is 0.824. The standard InChI is InChI=1S/C11H13Cl2N/c1-2-9-3-5-11(6-4-9)14-8-10(13)7-12/h3-7,14H,2,8H2,1H3. The smallest absolute Gasteiger partial charge is 0.0516 e. The van der Waals surface area contributed by atoms with Crippen LogP contribution in [0.15, 0.2) is 34.8 Å². The number of anilines is 1. The SMILES string of the molecule is CCc1ccc(NCC(Cl)=CCl)cc1. The van der Waals surface area contributed by atoms with Crippen molar-refractivity contribution >= 4 is 28.9 Å². The summed E-state index contributed by atoms with van der Waals surface area (Å²) in [4.78, 5) is 0. The highest BCUT2D eigenvalue weighted by Gasteiger charge is 1.94. The molecule has 0 aliphatic heterocycles. The van der Waals surface area contributed by atoms with E-state index in [2.05, 4.69) is 24.4 Å². The van der Waals surface area contributed by atoms with Gasteiger partial charge in [0, 0.05) is 16.3 Å². The van der Waals surface area contributed by atoms with Crippen LogP contribution in [0.3, 0.4) is 0 Å². The molecule has 0 radical (unpaired) electrons. The average molecular weight is 230 g/mol. The summed E-state index contributed by atoms with van der Waals surface area (Å²) in [7, 11) is 0. The van der Waals surface area contributed by atoms with Crippen molar-refractivity contribution in [2.45, 2.75) is 13.3 Å². The summed E-state index contributed by atoms with van der Waals surface area (Å²) in [5, 5.41) is 3.76. The zero-order valence-electron chi connectivity index (χ0n) is 8.06. The lowest BCUT2D eigenvalue weighted by Crippen LogP contribution is -2.00. The van der Waals surface area contributed by atoms with Crippen LogP contribution in [-0.4, -0.2) is 6.54 Å². The summed E-state index contributed by atoms with van der Waals surface area (Å²) in [6.07, 6.45) is 1.06. The van der Waals surface area contributed by atoms with Gasteiger partial charge >= 0.3 is 0 Å². The van der Waals surface area contributed by atoms with Crippen LogP contribution >= 0.6 is 23.2 Å². The molecule has 1 rings (SSSR count). The number of aryl methyl sites for hydroxylation is 1. The van der Waals surface area contributed by atoms with Crippen molar-refractivity contribution < 1.29 is 0 Å². The normalized spacial score (nSPS) is 11.5. The summed E-state index contributed by atoms with van der Waals surface area (Å²) in [5.41, 5.74) is 3.75. The maximum Gasteiger partial charge on any atom is 0.0516 e. The van der Waals surface area contributed by atoms with Crippen molar-refractivity contribution in [2.75, 3.05) is 11.9 Å². The highest BCUT2D eigenvalue weighted by Crippen LogP contribution is 2.11. The Morgan fingerprint density at radius 1 is 1.36 bits per heavy atom. The molecule has 0 fully saturated rings. The van der Waals surface area contributed by atoms with E-state index in [1.165, 1.54) is 11.1 Å². The molecule has 0 aromatic heterocycles. The molecule has 14 heavy (non-hydrogen) atoms. The molecule has 0 spiro atoms. The van der Waals surface area contributed by atoms with E-state index >= 15 is 0 Å². The number of halogens is 2. The van der Waals surface area contributed by atoms with Crippen LogP contribution in [0, 0.1) is 0 Å². The van der Waals surface area contributed by atoms with Gasteiger partial charge in [0.15, 0.2) is 0 Å². The van der Waals surface area contributed by atoms with E-state index in [0.29, 0.717) is 11.6 Å². The molecule has 3 heteroatoms. The summed E-state index contributed by atoms with van der Waals surface area (Å²) in [6, 6.07) is 8.27. The highest BCUT2D eigenvalue weighted by atomic mass is 35.5. The number of hydrogen-bond acceptors (Lipinski definition) is 1. The topological polar surface area (TPSA) is 12.0 Å². The van der Waals surface area contributed by atoms with Gasteiger partial charge < -0.3 is 5.32 Å². The minimum atomic E-state index is 0.566. The van der Waals surface area contributed by atoms with Crippen LogP contribution in [0.5, 0.6) is 0 Å². The second-order valence-corrected chi connectivity index (χ2v) is 3.66. The lowest BCUT2D eigenvalue weighted by Gasteiger charge is -2.05. The van der Waals surface area contributed by atoms with E-state index in [4.69, 9.17) is 23.2 Å². The summed E-state index contributed by atoms with van der Waals surface area (Å²) in [6.45, 7) is 2.70. The monoisotopic (exact) mass is 229 g/mol.